The Morgan fingerprint density at radius 1 is 1.33 bits per heavy atom. The maximum absolute atomic E-state index is 2.63. The first kappa shape index (κ1) is 10.4. The van der Waals surface area contributed by atoms with E-state index in [9.17, 15) is 0 Å². The molecule has 1 aliphatic rings. The summed E-state index contributed by atoms with van der Waals surface area (Å²) in [6, 6.07) is 0.787. The van der Waals surface area contributed by atoms with Crippen LogP contribution in [0.1, 0.15) is 34.6 Å². The van der Waals surface area contributed by atoms with Crippen molar-refractivity contribution in [3.8, 4) is 0 Å². The molecule has 1 atom stereocenters. The quantitative estimate of drug-likeness (QED) is 0.621. The van der Waals surface area contributed by atoms with Crippen molar-refractivity contribution < 1.29 is 0 Å². The lowest BCUT2D eigenvalue weighted by molar-refractivity contribution is 0.104. The third-order valence-corrected chi connectivity index (χ3v) is 3.59. The van der Waals surface area contributed by atoms with Gasteiger partial charge in [-0.3, -0.25) is 4.90 Å². The molecule has 0 N–H and O–H groups in total. The Hall–Kier alpha value is 0.310. The zero-order valence-corrected chi connectivity index (χ0v) is 9.74. The predicted molar refractivity (Wildman–Crippen MR) is 57.5 cm³/mol. The van der Waals surface area contributed by atoms with E-state index in [1.807, 2.05) is 0 Å². The molecule has 0 aromatic heterocycles. The van der Waals surface area contributed by atoms with Crippen LogP contribution in [0, 0.1) is 5.92 Å². The highest BCUT2D eigenvalue weighted by molar-refractivity contribution is 7.99. The van der Waals surface area contributed by atoms with Crippen LogP contribution < -0.4 is 0 Å². The van der Waals surface area contributed by atoms with Crippen LogP contribution in [0.25, 0.3) is 0 Å². The van der Waals surface area contributed by atoms with Crippen molar-refractivity contribution in [2.45, 2.75) is 46.2 Å². The van der Waals surface area contributed by atoms with E-state index in [2.05, 4.69) is 51.3 Å². The third-order valence-electron chi connectivity index (χ3n) is 2.55. The molecule has 1 rings (SSSR count). The van der Waals surface area contributed by atoms with Gasteiger partial charge in [-0.25, -0.2) is 0 Å². The molecule has 0 radical (unpaired) electrons. The zero-order chi connectivity index (χ0) is 9.35. The van der Waals surface area contributed by atoms with Gasteiger partial charge >= 0.3 is 0 Å². The molecule has 0 bridgehead atoms. The zero-order valence-electron chi connectivity index (χ0n) is 8.92. The van der Waals surface area contributed by atoms with Gasteiger partial charge in [-0.1, -0.05) is 13.8 Å². The molecule has 72 valence electrons. The molecule has 0 aromatic carbocycles. The second-order valence-corrected chi connectivity index (χ2v) is 5.95. The molecule has 1 saturated heterocycles. The standard InChI is InChI=1S/C10H21NS/c1-8(2)9-6-12-7-11(9)10(3,4)5/h8-9H,6-7H2,1-5H3. The molecule has 12 heavy (non-hydrogen) atoms. The summed E-state index contributed by atoms with van der Waals surface area (Å²) in [4.78, 5) is 2.63. The fraction of sp³-hybridized carbons (Fsp3) is 1.00. The molecule has 1 heterocycles. The first-order valence-corrected chi connectivity index (χ1v) is 5.93. The second kappa shape index (κ2) is 3.59. The summed E-state index contributed by atoms with van der Waals surface area (Å²) in [5, 5.41) is 0. The van der Waals surface area contributed by atoms with Crippen molar-refractivity contribution in [1.29, 1.82) is 0 Å². The van der Waals surface area contributed by atoms with Crippen molar-refractivity contribution in [2.24, 2.45) is 5.92 Å². The topological polar surface area (TPSA) is 3.24 Å². The Kier molecular flexibility index (Phi) is 3.11. The summed E-state index contributed by atoms with van der Waals surface area (Å²) >= 11 is 2.07. The van der Waals surface area contributed by atoms with Crippen LogP contribution in [-0.4, -0.2) is 28.1 Å². The minimum Gasteiger partial charge on any atom is -0.285 e. The molecule has 0 spiro atoms. The highest BCUT2D eigenvalue weighted by Gasteiger charge is 2.34. The Bertz CT molecular complexity index is 148. The van der Waals surface area contributed by atoms with Crippen LogP contribution in [0.4, 0.5) is 0 Å². The van der Waals surface area contributed by atoms with E-state index in [-0.39, 0.29) is 0 Å². The van der Waals surface area contributed by atoms with Gasteiger partial charge in [0.05, 0.1) is 0 Å². The summed E-state index contributed by atoms with van der Waals surface area (Å²) < 4.78 is 0. The molecule has 1 nitrogen and oxygen atoms in total. The van der Waals surface area contributed by atoms with Crippen molar-refractivity contribution in [2.75, 3.05) is 11.6 Å². The van der Waals surface area contributed by atoms with Crippen LogP contribution in [0.15, 0.2) is 0 Å². The molecule has 0 aromatic rings. The normalized spacial score (nSPS) is 27.0. The van der Waals surface area contributed by atoms with Crippen molar-refractivity contribution in [3.63, 3.8) is 0 Å². The monoisotopic (exact) mass is 187 g/mol. The van der Waals surface area contributed by atoms with E-state index in [0.29, 0.717) is 5.54 Å². The van der Waals surface area contributed by atoms with Crippen molar-refractivity contribution >= 4 is 11.8 Å². The van der Waals surface area contributed by atoms with Crippen LogP contribution in [0.2, 0.25) is 0 Å². The van der Waals surface area contributed by atoms with Gasteiger partial charge in [-0.05, 0) is 26.7 Å². The largest absolute Gasteiger partial charge is 0.285 e. The van der Waals surface area contributed by atoms with Gasteiger partial charge in [0, 0.05) is 23.2 Å². The van der Waals surface area contributed by atoms with E-state index in [1.54, 1.807) is 0 Å². The van der Waals surface area contributed by atoms with Crippen molar-refractivity contribution in [3.05, 3.63) is 0 Å². The highest BCUT2D eigenvalue weighted by atomic mass is 32.2. The molecule has 0 amide bonds. The Balaban J connectivity index is 2.64. The first-order chi connectivity index (χ1) is 5.43. The highest BCUT2D eigenvalue weighted by Crippen LogP contribution is 2.32. The minimum absolute atomic E-state index is 0.346. The molecule has 2 heteroatoms. The Morgan fingerprint density at radius 2 is 1.92 bits per heavy atom. The maximum Gasteiger partial charge on any atom is 0.0453 e. The van der Waals surface area contributed by atoms with E-state index in [4.69, 9.17) is 0 Å². The number of hydrogen-bond donors (Lipinski definition) is 0. The molecule has 0 saturated carbocycles. The van der Waals surface area contributed by atoms with Crippen LogP contribution in [0.3, 0.4) is 0 Å². The molecule has 1 unspecified atom stereocenters. The summed E-state index contributed by atoms with van der Waals surface area (Å²) in [6.45, 7) is 11.6. The third kappa shape index (κ3) is 2.17. The minimum atomic E-state index is 0.346. The molecular weight excluding hydrogens is 166 g/mol. The second-order valence-electron chi connectivity index (χ2n) is 4.95. The fourth-order valence-electron chi connectivity index (χ4n) is 1.70. The molecular formula is C10H21NS. The lowest BCUT2D eigenvalue weighted by Crippen LogP contribution is -2.47. The number of rotatable bonds is 1. The van der Waals surface area contributed by atoms with Gasteiger partial charge in [0.1, 0.15) is 0 Å². The van der Waals surface area contributed by atoms with Gasteiger partial charge in [0.25, 0.3) is 0 Å². The van der Waals surface area contributed by atoms with Crippen molar-refractivity contribution in [1.82, 2.24) is 4.90 Å². The number of thioether (sulfide) groups is 1. The fourth-order valence-corrected chi connectivity index (χ4v) is 3.39. The average molecular weight is 187 g/mol. The van der Waals surface area contributed by atoms with Crippen LogP contribution >= 0.6 is 11.8 Å². The SMILES string of the molecule is CC(C)C1CSCN1C(C)(C)C. The summed E-state index contributed by atoms with van der Waals surface area (Å²) in [6.07, 6.45) is 0. The first-order valence-electron chi connectivity index (χ1n) is 4.77. The van der Waals surface area contributed by atoms with Gasteiger partial charge in [0.2, 0.25) is 0 Å². The van der Waals surface area contributed by atoms with Gasteiger partial charge in [0.15, 0.2) is 0 Å². The number of hydrogen-bond acceptors (Lipinski definition) is 2. The van der Waals surface area contributed by atoms with Crippen LogP contribution in [0.5, 0.6) is 0 Å². The number of nitrogens with zero attached hydrogens (tertiary/aromatic N) is 1. The molecule has 1 fully saturated rings. The van der Waals surface area contributed by atoms with Crippen LogP contribution in [-0.2, 0) is 0 Å². The summed E-state index contributed by atoms with van der Waals surface area (Å²) in [7, 11) is 0. The van der Waals surface area contributed by atoms with E-state index in [0.717, 1.165) is 12.0 Å². The van der Waals surface area contributed by atoms with Gasteiger partial charge in [-0.15, -0.1) is 11.8 Å². The van der Waals surface area contributed by atoms with Gasteiger partial charge < -0.3 is 0 Å². The van der Waals surface area contributed by atoms with Gasteiger partial charge in [-0.2, -0.15) is 0 Å². The predicted octanol–water partition coefficient (Wildman–Crippen LogP) is 2.82. The molecule has 0 aliphatic carbocycles. The molecule has 1 aliphatic heterocycles. The lowest BCUT2D eigenvalue weighted by Gasteiger charge is -2.38. The lowest BCUT2D eigenvalue weighted by atomic mass is 9.98. The summed E-state index contributed by atoms with van der Waals surface area (Å²) in [5.41, 5.74) is 0.346. The Morgan fingerprint density at radius 3 is 2.25 bits per heavy atom. The maximum atomic E-state index is 2.63. The smallest absolute Gasteiger partial charge is 0.0453 e. The summed E-state index contributed by atoms with van der Waals surface area (Å²) in [5.74, 6) is 3.32. The van der Waals surface area contributed by atoms with E-state index < -0.39 is 0 Å². The average Bonchev–Trinajstić information content (AvgIpc) is 2.30. The van der Waals surface area contributed by atoms with E-state index >= 15 is 0 Å². The Labute approximate surface area is 80.9 Å². The van der Waals surface area contributed by atoms with E-state index in [1.165, 1.54) is 11.6 Å².